The zero-order chi connectivity index (χ0) is 14.2. The van der Waals surface area contributed by atoms with E-state index in [4.69, 9.17) is 9.47 Å². The lowest BCUT2D eigenvalue weighted by Gasteiger charge is -2.31. The largest absolute Gasteiger partial charge is 0.379 e. The van der Waals surface area contributed by atoms with E-state index in [0.717, 1.165) is 64.4 Å². The maximum Gasteiger partial charge on any atom is 0.0594 e. The average molecular weight is 284 g/mol. The molecule has 20 heavy (non-hydrogen) atoms. The molecule has 0 amide bonds. The lowest BCUT2D eigenvalue weighted by atomic mass is 9.97. The van der Waals surface area contributed by atoms with Crippen molar-refractivity contribution in [3.8, 4) is 0 Å². The molecular weight excluding hydrogens is 252 g/mol. The number of ether oxygens (including phenoxy) is 2. The van der Waals surface area contributed by atoms with Gasteiger partial charge >= 0.3 is 0 Å². The quantitative estimate of drug-likeness (QED) is 0.710. The molecule has 2 aliphatic rings. The van der Waals surface area contributed by atoms with Crippen LogP contribution in [0.3, 0.4) is 0 Å². The molecule has 0 N–H and O–H groups in total. The molecule has 2 unspecified atom stereocenters. The molecule has 0 aromatic heterocycles. The van der Waals surface area contributed by atoms with E-state index in [9.17, 15) is 0 Å². The van der Waals surface area contributed by atoms with Crippen molar-refractivity contribution >= 4 is 0 Å². The van der Waals surface area contributed by atoms with Crippen molar-refractivity contribution in [1.82, 2.24) is 9.80 Å². The molecular formula is C16H32N2O2. The van der Waals surface area contributed by atoms with Gasteiger partial charge < -0.3 is 9.47 Å². The van der Waals surface area contributed by atoms with Crippen molar-refractivity contribution in [3.05, 3.63) is 0 Å². The first kappa shape index (κ1) is 16.2. The molecule has 0 saturated carbocycles. The van der Waals surface area contributed by atoms with Gasteiger partial charge in [-0.05, 0) is 24.7 Å². The highest BCUT2D eigenvalue weighted by Crippen LogP contribution is 2.16. The number of hydrogen-bond donors (Lipinski definition) is 0. The third-order valence-electron chi connectivity index (χ3n) is 4.50. The normalized spacial score (nSPS) is 25.5. The highest BCUT2D eigenvalue weighted by molar-refractivity contribution is 4.69. The summed E-state index contributed by atoms with van der Waals surface area (Å²) in [6, 6.07) is 0. The maximum atomic E-state index is 5.41. The summed E-state index contributed by atoms with van der Waals surface area (Å²) in [7, 11) is 0. The zero-order valence-electron chi connectivity index (χ0n) is 13.4. The fraction of sp³-hybridized carbons (Fsp3) is 1.00. The van der Waals surface area contributed by atoms with Crippen LogP contribution in [0.5, 0.6) is 0 Å². The number of rotatable bonds is 7. The molecule has 0 bridgehead atoms. The van der Waals surface area contributed by atoms with E-state index in [0.29, 0.717) is 0 Å². The molecule has 2 atom stereocenters. The topological polar surface area (TPSA) is 24.9 Å². The van der Waals surface area contributed by atoms with Gasteiger partial charge in [0, 0.05) is 39.3 Å². The Labute approximate surface area is 124 Å². The second-order valence-electron chi connectivity index (χ2n) is 6.61. The van der Waals surface area contributed by atoms with Crippen molar-refractivity contribution < 1.29 is 9.47 Å². The van der Waals surface area contributed by atoms with Gasteiger partial charge in [-0.25, -0.2) is 0 Å². The van der Waals surface area contributed by atoms with Crippen molar-refractivity contribution in [3.63, 3.8) is 0 Å². The second-order valence-corrected chi connectivity index (χ2v) is 6.61. The van der Waals surface area contributed by atoms with Crippen LogP contribution < -0.4 is 0 Å². The van der Waals surface area contributed by atoms with E-state index < -0.39 is 0 Å². The van der Waals surface area contributed by atoms with Gasteiger partial charge in [0.2, 0.25) is 0 Å². The first-order chi connectivity index (χ1) is 9.74. The molecule has 0 aromatic carbocycles. The number of morpholine rings is 2. The molecule has 118 valence electrons. The van der Waals surface area contributed by atoms with Crippen LogP contribution in [-0.2, 0) is 9.47 Å². The molecule has 4 nitrogen and oxygen atoms in total. The smallest absolute Gasteiger partial charge is 0.0594 e. The molecule has 2 heterocycles. The van der Waals surface area contributed by atoms with E-state index in [-0.39, 0.29) is 0 Å². The molecule has 2 fully saturated rings. The summed E-state index contributed by atoms with van der Waals surface area (Å²) in [6.07, 6.45) is 2.70. The van der Waals surface area contributed by atoms with Gasteiger partial charge in [0.05, 0.1) is 26.4 Å². The van der Waals surface area contributed by atoms with Crippen LogP contribution in [-0.4, -0.2) is 75.5 Å². The number of hydrogen-bond acceptors (Lipinski definition) is 4. The molecule has 4 heteroatoms. The Morgan fingerprint density at radius 2 is 1.05 bits per heavy atom. The lowest BCUT2D eigenvalue weighted by molar-refractivity contribution is 0.0274. The zero-order valence-corrected chi connectivity index (χ0v) is 13.4. The molecule has 0 radical (unpaired) electrons. The Hall–Kier alpha value is -0.160. The van der Waals surface area contributed by atoms with Crippen LogP contribution in [0.25, 0.3) is 0 Å². The summed E-state index contributed by atoms with van der Waals surface area (Å²) in [5.41, 5.74) is 0. The van der Waals surface area contributed by atoms with Crippen LogP contribution >= 0.6 is 0 Å². The molecule has 2 saturated heterocycles. The van der Waals surface area contributed by atoms with E-state index in [1.54, 1.807) is 0 Å². The SMILES string of the molecule is CC(CCC(C)CN1CCOCC1)CN1CCOCC1. The Balaban J connectivity index is 1.55. The summed E-state index contributed by atoms with van der Waals surface area (Å²) in [4.78, 5) is 5.11. The molecule has 2 rings (SSSR count). The Morgan fingerprint density at radius 3 is 1.40 bits per heavy atom. The predicted molar refractivity (Wildman–Crippen MR) is 82.1 cm³/mol. The maximum absolute atomic E-state index is 5.41. The summed E-state index contributed by atoms with van der Waals surface area (Å²) >= 11 is 0. The number of nitrogens with zero attached hydrogens (tertiary/aromatic N) is 2. The predicted octanol–water partition coefficient (Wildman–Crippen LogP) is 1.70. The second kappa shape index (κ2) is 8.98. The van der Waals surface area contributed by atoms with Crippen LogP contribution in [0.1, 0.15) is 26.7 Å². The van der Waals surface area contributed by atoms with Gasteiger partial charge in [0.25, 0.3) is 0 Å². The van der Waals surface area contributed by atoms with Crippen molar-refractivity contribution in [1.29, 1.82) is 0 Å². The van der Waals surface area contributed by atoms with E-state index >= 15 is 0 Å². The van der Waals surface area contributed by atoms with Crippen LogP contribution in [0, 0.1) is 11.8 Å². The standard InChI is InChI=1S/C16H32N2O2/c1-15(13-17-5-9-19-10-6-17)3-4-16(2)14-18-7-11-20-12-8-18/h15-16H,3-14H2,1-2H3. The van der Waals surface area contributed by atoms with Crippen LogP contribution in [0.2, 0.25) is 0 Å². The van der Waals surface area contributed by atoms with Crippen molar-refractivity contribution in [2.75, 3.05) is 65.7 Å². The summed E-state index contributed by atoms with van der Waals surface area (Å²) in [5.74, 6) is 1.61. The van der Waals surface area contributed by atoms with Gasteiger partial charge in [0.15, 0.2) is 0 Å². The summed E-state index contributed by atoms with van der Waals surface area (Å²) < 4.78 is 10.8. The first-order valence-electron chi connectivity index (χ1n) is 8.34. The van der Waals surface area contributed by atoms with Crippen molar-refractivity contribution in [2.45, 2.75) is 26.7 Å². The van der Waals surface area contributed by atoms with Crippen LogP contribution in [0.15, 0.2) is 0 Å². The Bertz CT molecular complexity index is 225. The van der Waals surface area contributed by atoms with E-state index in [1.165, 1.54) is 25.9 Å². The fourth-order valence-corrected chi connectivity index (χ4v) is 3.20. The van der Waals surface area contributed by atoms with Crippen LogP contribution in [0.4, 0.5) is 0 Å². The summed E-state index contributed by atoms with van der Waals surface area (Å²) in [5, 5.41) is 0. The first-order valence-corrected chi connectivity index (χ1v) is 8.34. The van der Waals surface area contributed by atoms with Crippen molar-refractivity contribution in [2.24, 2.45) is 11.8 Å². The Morgan fingerprint density at radius 1 is 0.700 bits per heavy atom. The van der Waals surface area contributed by atoms with Gasteiger partial charge in [-0.2, -0.15) is 0 Å². The highest BCUT2D eigenvalue weighted by atomic mass is 16.5. The minimum Gasteiger partial charge on any atom is -0.379 e. The highest BCUT2D eigenvalue weighted by Gasteiger charge is 2.16. The van der Waals surface area contributed by atoms with Gasteiger partial charge in [-0.1, -0.05) is 13.8 Å². The minimum absolute atomic E-state index is 0.806. The average Bonchev–Trinajstić information content (AvgIpc) is 2.47. The van der Waals surface area contributed by atoms with Gasteiger partial charge in [0.1, 0.15) is 0 Å². The van der Waals surface area contributed by atoms with E-state index in [1.807, 2.05) is 0 Å². The fourth-order valence-electron chi connectivity index (χ4n) is 3.20. The van der Waals surface area contributed by atoms with Gasteiger partial charge in [-0.15, -0.1) is 0 Å². The lowest BCUT2D eigenvalue weighted by Crippen LogP contribution is -2.39. The third kappa shape index (κ3) is 6.08. The molecule has 0 aromatic rings. The summed E-state index contributed by atoms with van der Waals surface area (Å²) in [6.45, 7) is 15.4. The molecule has 0 aliphatic carbocycles. The minimum atomic E-state index is 0.806. The monoisotopic (exact) mass is 284 g/mol. The molecule has 2 aliphatic heterocycles. The van der Waals surface area contributed by atoms with Gasteiger partial charge in [-0.3, -0.25) is 9.80 Å². The Kier molecular flexibility index (Phi) is 7.28. The third-order valence-corrected chi connectivity index (χ3v) is 4.50. The molecule has 0 spiro atoms. The van der Waals surface area contributed by atoms with E-state index in [2.05, 4.69) is 23.6 Å².